The van der Waals surface area contributed by atoms with E-state index in [1.165, 1.54) is 21.2 Å². The molecule has 7 rings (SSSR count). The number of ether oxygens (including phenoxy) is 2. The van der Waals surface area contributed by atoms with Crippen LogP contribution in [0.2, 0.25) is 0 Å². The standard InChI is InChI=1S/C37H30O4P2/c38-30-21-23-32(42(26-13-5-1-6-14-26)27-15-7-2-8-16-27)34(36(30)39)35-33(24-22-31-37(35)41-25-40-31)43(28-17-9-3-10-18-28)29-19-11-4-12-20-29/h1-22,24,32,38-39H,23,25H2/t32-/m1/s1. The minimum Gasteiger partial charge on any atom is -0.504 e. The van der Waals surface area contributed by atoms with Gasteiger partial charge in [0.1, 0.15) is 0 Å². The van der Waals surface area contributed by atoms with E-state index in [9.17, 15) is 10.2 Å². The molecule has 6 heteroatoms. The first-order valence-electron chi connectivity index (χ1n) is 14.3. The van der Waals surface area contributed by atoms with E-state index in [1.807, 2.05) is 30.3 Å². The van der Waals surface area contributed by atoms with Gasteiger partial charge in [-0.05, 0) is 67.0 Å². The molecule has 2 N–H and O–H groups in total. The van der Waals surface area contributed by atoms with E-state index in [2.05, 4.69) is 103 Å². The molecular formula is C37H30O4P2. The van der Waals surface area contributed by atoms with Gasteiger partial charge in [0, 0.05) is 16.8 Å². The van der Waals surface area contributed by atoms with Crippen molar-refractivity contribution in [2.75, 3.05) is 6.79 Å². The van der Waals surface area contributed by atoms with Gasteiger partial charge in [-0.1, -0.05) is 121 Å². The van der Waals surface area contributed by atoms with Gasteiger partial charge in [0.05, 0.1) is 0 Å². The lowest BCUT2D eigenvalue weighted by atomic mass is 9.93. The number of allylic oxidation sites excluding steroid dienone is 2. The van der Waals surface area contributed by atoms with E-state index in [0.29, 0.717) is 23.5 Å². The molecule has 2 aliphatic rings. The van der Waals surface area contributed by atoms with Crippen LogP contribution in [-0.2, 0) is 0 Å². The molecule has 5 aromatic carbocycles. The third-order valence-electron chi connectivity index (χ3n) is 7.80. The predicted molar refractivity (Wildman–Crippen MR) is 179 cm³/mol. The zero-order valence-electron chi connectivity index (χ0n) is 23.4. The Hall–Kier alpha value is -4.36. The van der Waals surface area contributed by atoms with Crippen molar-refractivity contribution in [1.29, 1.82) is 0 Å². The average molecular weight is 601 g/mol. The summed E-state index contributed by atoms with van der Waals surface area (Å²) < 4.78 is 12.1. The maximum Gasteiger partial charge on any atom is 0.231 e. The van der Waals surface area contributed by atoms with Crippen LogP contribution in [0.15, 0.2) is 151 Å². The summed E-state index contributed by atoms with van der Waals surface area (Å²) >= 11 is 0. The maximum atomic E-state index is 11.9. The zero-order chi connectivity index (χ0) is 29.2. The quantitative estimate of drug-likeness (QED) is 0.202. The minimum atomic E-state index is -1.05. The highest BCUT2D eigenvalue weighted by atomic mass is 31.1. The van der Waals surface area contributed by atoms with Gasteiger partial charge < -0.3 is 19.7 Å². The predicted octanol–water partition coefficient (Wildman–Crippen LogP) is 6.79. The lowest BCUT2D eigenvalue weighted by Gasteiger charge is -2.35. The minimum absolute atomic E-state index is 0.100. The van der Waals surface area contributed by atoms with Gasteiger partial charge in [0.2, 0.25) is 6.79 Å². The molecule has 0 saturated heterocycles. The van der Waals surface area contributed by atoms with Gasteiger partial charge in [-0.3, -0.25) is 0 Å². The van der Waals surface area contributed by atoms with E-state index in [-0.39, 0.29) is 24.0 Å². The summed E-state index contributed by atoms with van der Waals surface area (Å²) in [4.78, 5) is 0. The Bertz CT molecular complexity index is 1710. The molecule has 0 saturated carbocycles. The van der Waals surface area contributed by atoms with Crippen molar-refractivity contribution in [3.8, 4) is 11.5 Å². The third kappa shape index (κ3) is 5.23. The summed E-state index contributed by atoms with van der Waals surface area (Å²) in [5, 5.41) is 28.7. The van der Waals surface area contributed by atoms with Gasteiger partial charge >= 0.3 is 0 Å². The van der Waals surface area contributed by atoms with Crippen LogP contribution in [0.5, 0.6) is 11.5 Å². The summed E-state index contributed by atoms with van der Waals surface area (Å²) in [6, 6.07) is 46.1. The van der Waals surface area contributed by atoms with Crippen LogP contribution in [0.1, 0.15) is 12.0 Å². The highest BCUT2D eigenvalue weighted by Crippen LogP contribution is 2.55. The first kappa shape index (κ1) is 27.5. The molecule has 0 unspecified atom stereocenters. The molecule has 0 fully saturated rings. The fourth-order valence-electron chi connectivity index (χ4n) is 5.93. The van der Waals surface area contributed by atoms with Crippen LogP contribution in [0.3, 0.4) is 0 Å². The maximum absolute atomic E-state index is 11.9. The molecule has 212 valence electrons. The zero-order valence-corrected chi connectivity index (χ0v) is 25.2. The molecule has 0 spiro atoms. The van der Waals surface area contributed by atoms with Crippen molar-refractivity contribution in [1.82, 2.24) is 0 Å². The molecule has 1 atom stereocenters. The van der Waals surface area contributed by atoms with Crippen molar-refractivity contribution in [2.45, 2.75) is 12.1 Å². The van der Waals surface area contributed by atoms with Crippen molar-refractivity contribution >= 4 is 47.9 Å². The van der Waals surface area contributed by atoms with Gasteiger partial charge in [0.15, 0.2) is 23.0 Å². The third-order valence-corrected chi connectivity index (χ3v) is 13.1. The highest BCUT2D eigenvalue weighted by molar-refractivity contribution is 7.80. The lowest BCUT2D eigenvalue weighted by molar-refractivity contribution is 0.173. The van der Waals surface area contributed by atoms with Crippen LogP contribution in [0.25, 0.3) is 5.57 Å². The van der Waals surface area contributed by atoms with Gasteiger partial charge in [-0.15, -0.1) is 0 Å². The Balaban J connectivity index is 1.51. The number of fused-ring (bicyclic) bond motifs is 1. The Morgan fingerprint density at radius 2 is 1.09 bits per heavy atom. The SMILES string of the molecule is OC1=CC[C@@H](P(c2ccccc2)c2ccccc2)C(c2c(P(c3ccccc3)c3ccccc3)ccc3c2OCO3)=C1O. The van der Waals surface area contributed by atoms with Crippen molar-refractivity contribution in [3.05, 3.63) is 157 Å². The number of aliphatic hydroxyl groups is 2. The first-order chi connectivity index (χ1) is 21.2. The molecule has 43 heavy (non-hydrogen) atoms. The smallest absolute Gasteiger partial charge is 0.231 e. The normalized spacial score (nSPS) is 16.0. The second-order valence-corrected chi connectivity index (χ2v) is 14.9. The average Bonchev–Trinajstić information content (AvgIpc) is 3.55. The molecule has 0 aromatic heterocycles. The Morgan fingerprint density at radius 1 is 0.581 bits per heavy atom. The number of rotatable bonds is 7. The van der Waals surface area contributed by atoms with Crippen molar-refractivity contribution < 1.29 is 19.7 Å². The molecule has 1 aliphatic heterocycles. The largest absolute Gasteiger partial charge is 0.504 e. The fourth-order valence-corrected chi connectivity index (χ4v) is 11.2. The number of hydrogen-bond donors (Lipinski definition) is 2. The van der Waals surface area contributed by atoms with Crippen LogP contribution in [0, 0.1) is 0 Å². The molecule has 0 amide bonds. The molecule has 0 radical (unpaired) electrons. The molecule has 1 aliphatic carbocycles. The van der Waals surface area contributed by atoms with Crippen LogP contribution >= 0.6 is 15.8 Å². The number of hydrogen-bond acceptors (Lipinski definition) is 4. The summed E-state index contributed by atoms with van der Waals surface area (Å²) in [6.45, 7) is 0.104. The summed E-state index contributed by atoms with van der Waals surface area (Å²) in [5.74, 6) is 1.06. The Morgan fingerprint density at radius 3 is 1.63 bits per heavy atom. The molecule has 0 bridgehead atoms. The second-order valence-electron chi connectivity index (χ2n) is 10.3. The van der Waals surface area contributed by atoms with E-state index < -0.39 is 15.8 Å². The van der Waals surface area contributed by atoms with Gasteiger partial charge in [-0.2, -0.15) is 0 Å². The topological polar surface area (TPSA) is 58.9 Å². The van der Waals surface area contributed by atoms with Crippen molar-refractivity contribution in [2.24, 2.45) is 0 Å². The second kappa shape index (κ2) is 12.1. The monoisotopic (exact) mass is 600 g/mol. The Labute approximate surface area is 254 Å². The van der Waals surface area contributed by atoms with E-state index >= 15 is 0 Å². The summed E-state index contributed by atoms with van der Waals surface area (Å²) in [7, 11) is -2.04. The van der Waals surface area contributed by atoms with E-state index in [0.717, 1.165) is 10.9 Å². The summed E-state index contributed by atoms with van der Waals surface area (Å²) in [6.07, 6.45) is 2.32. The molecular weight excluding hydrogens is 570 g/mol. The van der Waals surface area contributed by atoms with Gasteiger partial charge in [0.25, 0.3) is 0 Å². The lowest BCUT2D eigenvalue weighted by Crippen LogP contribution is -2.29. The van der Waals surface area contributed by atoms with Crippen LogP contribution in [-0.4, -0.2) is 22.7 Å². The highest BCUT2D eigenvalue weighted by Gasteiger charge is 2.39. The van der Waals surface area contributed by atoms with E-state index in [4.69, 9.17) is 9.47 Å². The number of aliphatic hydroxyl groups excluding tert-OH is 2. The molecule has 1 heterocycles. The number of benzene rings is 5. The fraction of sp³-hybridized carbons (Fsp3) is 0.0811. The van der Waals surface area contributed by atoms with Gasteiger partial charge in [-0.25, -0.2) is 0 Å². The first-order valence-corrected chi connectivity index (χ1v) is 17.0. The Kier molecular flexibility index (Phi) is 7.73. The molecule has 5 aromatic rings. The van der Waals surface area contributed by atoms with Crippen LogP contribution in [0.4, 0.5) is 0 Å². The van der Waals surface area contributed by atoms with Crippen molar-refractivity contribution in [3.63, 3.8) is 0 Å². The van der Waals surface area contributed by atoms with Crippen LogP contribution < -0.4 is 36.0 Å². The summed E-state index contributed by atoms with van der Waals surface area (Å²) in [5.41, 5.74) is 1.39. The van der Waals surface area contributed by atoms with E-state index in [1.54, 1.807) is 6.08 Å². The molecule has 4 nitrogen and oxygen atoms in total.